The fourth-order valence-corrected chi connectivity index (χ4v) is 6.49. The van der Waals surface area contributed by atoms with Crippen LogP contribution in [0.15, 0.2) is 87.6 Å². The highest BCUT2D eigenvalue weighted by Crippen LogP contribution is 2.44. The molecule has 1 N–H and O–H groups in total. The van der Waals surface area contributed by atoms with Crippen molar-refractivity contribution in [3.63, 3.8) is 0 Å². The number of aromatic hydroxyl groups is 1. The van der Waals surface area contributed by atoms with Crippen LogP contribution in [0.2, 0.25) is 5.02 Å². The summed E-state index contributed by atoms with van der Waals surface area (Å²) in [5.41, 5.74) is 1.94. The number of hydrogen-bond acceptors (Lipinski definition) is 9. The molecule has 1 aliphatic rings. The van der Waals surface area contributed by atoms with Gasteiger partial charge < -0.3 is 9.52 Å². The summed E-state index contributed by atoms with van der Waals surface area (Å²) in [6, 6.07) is 21.2. The van der Waals surface area contributed by atoms with E-state index in [9.17, 15) is 19.5 Å². The molecule has 0 spiro atoms. The average Bonchev–Trinajstić information content (AvgIpc) is 3.64. The van der Waals surface area contributed by atoms with Crippen LogP contribution in [0.1, 0.15) is 27.7 Å². The number of amides is 1. The van der Waals surface area contributed by atoms with Gasteiger partial charge >= 0.3 is 0 Å². The van der Waals surface area contributed by atoms with E-state index in [1.54, 1.807) is 48.5 Å². The van der Waals surface area contributed by atoms with Gasteiger partial charge in [-0.1, -0.05) is 77.2 Å². The smallest absolute Gasteiger partial charge is 0.297 e. The second-order valence-electron chi connectivity index (χ2n) is 8.84. The summed E-state index contributed by atoms with van der Waals surface area (Å²) in [6.45, 7) is 0. The van der Waals surface area contributed by atoms with E-state index in [1.807, 2.05) is 18.2 Å². The lowest BCUT2D eigenvalue weighted by Gasteiger charge is -2.24. The molecular formula is C28H18ClN3O5S2. The highest BCUT2D eigenvalue weighted by Gasteiger charge is 2.54. The molecule has 0 saturated carbocycles. The van der Waals surface area contributed by atoms with Crippen LogP contribution in [0.4, 0.5) is 5.13 Å². The molecule has 1 saturated heterocycles. The van der Waals surface area contributed by atoms with Gasteiger partial charge in [0, 0.05) is 16.2 Å². The summed E-state index contributed by atoms with van der Waals surface area (Å²) in [4.78, 5) is 41.6. The summed E-state index contributed by atoms with van der Waals surface area (Å²) < 4.78 is 6.33. The molecule has 5 aromatic rings. The molecule has 0 radical (unpaired) electrons. The number of para-hydroxylation sites is 1. The third-order valence-corrected chi connectivity index (χ3v) is 8.72. The molecule has 39 heavy (non-hydrogen) atoms. The Morgan fingerprint density at radius 3 is 2.59 bits per heavy atom. The number of fused-ring (bicyclic) bond motifs is 1. The predicted octanol–water partition coefficient (Wildman–Crippen LogP) is 6.09. The molecule has 2 unspecified atom stereocenters. The van der Waals surface area contributed by atoms with Gasteiger partial charge in [-0.3, -0.25) is 19.3 Å². The topological polar surface area (TPSA) is 114 Å². The third-order valence-electron chi connectivity index (χ3n) is 6.35. The van der Waals surface area contributed by atoms with E-state index in [1.165, 1.54) is 28.8 Å². The number of benzene rings is 3. The van der Waals surface area contributed by atoms with Crippen LogP contribution in [0.25, 0.3) is 11.0 Å². The number of aromatic nitrogens is 2. The van der Waals surface area contributed by atoms with Gasteiger partial charge in [-0.25, -0.2) is 0 Å². The summed E-state index contributed by atoms with van der Waals surface area (Å²) in [6.07, 6.45) is 0. The number of carbonyl (C=O) groups excluding carboxylic acids is 3. The SMILES string of the molecule is O=C1C(=O)N(c2nnc(SCc3ccc(Cl)cc3)s2)C(c2cccc(O)c2)C1C(=O)c1cc2ccccc2o1. The molecular weight excluding hydrogens is 558 g/mol. The fraction of sp³-hybridized carbons (Fsp3) is 0.107. The number of phenolic OH excluding ortho intramolecular Hbond substituents is 1. The van der Waals surface area contributed by atoms with E-state index in [0.717, 1.165) is 16.9 Å². The Bertz CT molecular complexity index is 1700. The second-order valence-corrected chi connectivity index (χ2v) is 11.5. The van der Waals surface area contributed by atoms with Crippen molar-refractivity contribution < 1.29 is 23.9 Å². The molecule has 194 valence electrons. The van der Waals surface area contributed by atoms with Crippen molar-refractivity contribution in [1.29, 1.82) is 0 Å². The Labute approximate surface area is 235 Å². The Kier molecular flexibility index (Phi) is 6.68. The molecule has 2 atom stereocenters. The van der Waals surface area contributed by atoms with Crippen LogP contribution in [-0.4, -0.2) is 32.8 Å². The maximum Gasteiger partial charge on any atom is 0.297 e. The van der Waals surface area contributed by atoms with Crippen LogP contribution in [0.3, 0.4) is 0 Å². The summed E-state index contributed by atoms with van der Waals surface area (Å²) >= 11 is 8.53. The van der Waals surface area contributed by atoms with Crippen molar-refractivity contribution in [2.75, 3.05) is 4.90 Å². The van der Waals surface area contributed by atoms with Crippen molar-refractivity contribution in [2.45, 2.75) is 16.1 Å². The van der Waals surface area contributed by atoms with Crippen LogP contribution >= 0.6 is 34.7 Å². The lowest BCUT2D eigenvalue weighted by Crippen LogP contribution is -2.30. The zero-order valence-corrected chi connectivity index (χ0v) is 22.4. The van der Waals surface area contributed by atoms with Gasteiger partial charge in [-0.05, 0) is 47.5 Å². The van der Waals surface area contributed by atoms with Crippen molar-refractivity contribution in [3.05, 3.63) is 101 Å². The van der Waals surface area contributed by atoms with Gasteiger partial charge in [-0.15, -0.1) is 10.2 Å². The molecule has 1 aliphatic heterocycles. The minimum Gasteiger partial charge on any atom is -0.508 e. The largest absolute Gasteiger partial charge is 0.508 e. The minimum absolute atomic E-state index is 0.0224. The number of ketones is 2. The third kappa shape index (κ3) is 4.82. The maximum absolute atomic E-state index is 13.7. The lowest BCUT2D eigenvalue weighted by molar-refractivity contribution is -0.135. The number of anilines is 1. The normalized spacial score (nSPS) is 17.3. The molecule has 8 nitrogen and oxygen atoms in total. The van der Waals surface area contributed by atoms with E-state index < -0.39 is 29.4 Å². The number of Topliss-reactive ketones (excluding diaryl/α,β-unsaturated/α-hetero) is 2. The average molecular weight is 576 g/mol. The minimum atomic E-state index is -1.39. The van der Waals surface area contributed by atoms with Gasteiger partial charge in [0.25, 0.3) is 5.91 Å². The Morgan fingerprint density at radius 2 is 1.82 bits per heavy atom. The van der Waals surface area contributed by atoms with E-state index in [0.29, 0.717) is 31.6 Å². The zero-order valence-electron chi connectivity index (χ0n) is 20.0. The van der Waals surface area contributed by atoms with Gasteiger partial charge in [0.2, 0.25) is 16.7 Å². The number of nitrogens with zero attached hydrogens (tertiary/aromatic N) is 3. The Hall–Kier alpha value is -3.99. The van der Waals surface area contributed by atoms with Crippen LogP contribution in [0.5, 0.6) is 5.75 Å². The van der Waals surface area contributed by atoms with Crippen LogP contribution < -0.4 is 4.90 Å². The molecule has 1 fully saturated rings. The zero-order chi connectivity index (χ0) is 27.1. The first-order chi connectivity index (χ1) is 18.9. The van der Waals surface area contributed by atoms with Crippen molar-refractivity contribution in [1.82, 2.24) is 10.2 Å². The maximum atomic E-state index is 13.7. The quantitative estimate of drug-likeness (QED) is 0.0815. The number of rotatable bonds is 7. The summed E-state index contributed by atoms with van der Waals surface area (Å²) in [7, 11) is 0. The monoisotopic (exact) mass is 575 g/mol. The molecule has 0 bridgehead atoms. The summed E-state index contributed by atoms with van der Waals surface area (Å²) in [5, 5.41) is 20.1. The van der Waals surface area contributed by atoms with Crippen molar-refractivity contribution in [2.24, 2.45) is 5.92 Å². The number of halogens is 1. The van der Waals surface area contributed by atoms with Gasteiger partial charge in [0.05, 0.1) is 6.04 Å². The predicted molar refractivity (Wildman–Crippen MR) is 148 cm³/mol. The lowest BCUT2D eigenvalue weighted by atomic mass is 9.88. The standard InChI is InChI=1S/C28H18ClN3O5S2/c29-18-10-8-15(9-11-18)14-38-28-31-30-27(39-28)32-23(17-5-3-6-19(33)12-17)22(25(35)26(32)36)24(34)21-13-16-4-1-2-7-20(16)37-21/h1-13,22-23,33H,14H2. The number of phenols is 1. The Balaban J connectivity index is 1.35. The van der Waals surface area contributed by atoms with Crippen LogP contribution in [-0.2, 0) is 15.3 Å². The van der Waals surface area contributed by atoms with E-state index >= 15 is 0 Å². The van der Waals surface area contributed by atoms with E-state index in [2.05, 4.69) is 10.2 Å². The van der Waals surface area contributed by atoms with Crippen molar-refractivity contribution >= 4 is 68.3 Å². The summed E-state index contributed by atoms with van der Waals surface area (Å²) in [5.74, 6) is -3.25. The van der Waals surface area contributed by atoms with Crippen molar-refractivity contribution in [3.8, 4) is 5.75 Å². The fourth-order valence-electron chi connectivity index (χ4n) is 4.53. The van der Waals surface area contributed by atoms with E-state index in [4.69, 9.17) is 16.0 Å². The molecule has 6 rings (SSSR count). The molecule has 1 amide bonds. The molecule has 11 heteroatoms. The molecule has 3 heterocycles. The number of carbonyl (C=O) groups is 3. The first-order valence-electron chi connectivity index (χ1n) is 11.8. The number of thioether (sulfide) groups is 1. The number of furan rings is 1. The molecule has 3 aromatic carbocycles. The second kappa shape index (κ2) is 10.3. The van der Waals surface area contributed by atoms with E-state index in [-0.39, 0.29) is 16.6 Å². The van der Waals surface area contributed by atoms with Gasteiger partial charge in [-0.2, -0.15) is 0 Å². The first-order valence-corrected chi connectivity index (χ1v) is 14.0. The van der Waals surface area contributed by atoms with Crippen LogP contribution in [0, 0.1) is 5.92 Å². The number of hydrogen-bond donors (Lipinski definition) is 1. The molecule has 0 aliphatic carbocycles. The van der Waals surface area contributed by atoms with Gasteiger partial charge in [0.1, 0.15) is 17.3 Å². The molecule has 2 aromatic heterocycles. The highest BCUT2D eigenvalue weighted by atomic mass is 35.5. The highest BCUT2D eigenvalue weighted by molar-refractivity contribution is 8.00. The Morgan fingerprint density at radius 1 is 1.03 bits per heavy atom. The van der Waals surface area contributed by atoms with Gasteiger partial charge in [0.15, 0.2) is 10.1 Å². The first kappa shape index (κ1) is 25.3.